The molecular formula is C23H16BrClFN3O2S2. The molecule has 0 fully saturated rings. The topological polar surface area (TPSA) is 64.0 Å². The van der Waals surface area contributed by atoms with E-state index >= 15 is 0 Å². The quantitative estimate of drug-likeness (QED) is 0.231. The van der Waals surface area contributed by atoms with Gasteiger partial charge in [-0.3, -0.25) is 14.2 Å². The molecule has 5 rings (SSSR count). The predicted octanol–water partition coefficient (Wildman–Crippen LogP) is 6.22. The third-order valence-corrected chi connectivity index (χ3v) is 8.20. The van der Waals surface area contributed by atoms with Crippen molar-refractivity contribution in [3.8, 4) is 5.69 Å². The second-order valence-corrected chi connectivity index (χ2v) is 10.9. The van der Waals surface area contributed by atoms with E-state index in [4.69, 9.17) is 16.6 Å². The van der Waals surface area contributed by atoms with E-state index < -0.39 is 11.7 Å². The molecule has 2 aromatic heterocycles. The number of carbonyl (C=O) groups excluding carboxylic acids is 1. The number of rotatable bonds is 5. The van der Waals surface area contributed by atoms with Gasteiger partial charge in [0.2, 0.25) is 5.91 Å². The summed E-state index contributed by atoms with van der Waals surface area (Å²) in [6, 6.07) is 11.4. The molecule has 4 aromatic rings. The van der Waals surface area contributed by atoms with E-state index in [-0.39, 0.29) is 17.0 Å². The van der Waals surface area contributed by atoms with Crippen LogP contribution in [0.1, 0.15) is 16.9 Å². The highest BCUT2D eigenvalue weighted by Crippen LogP contribution is 2.36. The Morgan fingerprint density at radius 1 is 1.24 bits per heavy atom. The number of fused-ring (bicyclic) bond motifs is 3. The van der Waals surface area contributed by atoms with Crippen molar-refractivity contribution in [3.05, 3.63) is 78.6 Å². The Morgan fingerprint density at radius 2 is 2.03 bits per heavy atom. The van der Waals surface area contributed by atoms with Crippen molar-refractivity contribution in [2.24, 2.45) is 0 Å². The van der Waals surface area contributed by atoms with Crippen LogP contribution in [0.5, 0.6) is 0 Å². The number of benzene rings is 2. The largest absolute Gasteiger partial charge is 0.323 e. The van der Waals surface area contributed by atoms with Gasteiger partial charge in [-0.1, -0.05) is 39.3 Å². The molecule has 1 aliphatic carbocycles. The summed E-state index contributed by atoms with van der Waals surface area (Å²) in [5.74, 6) is -0.966. The van der Waals surface area contributed by atoms with Crippen LogP contribution in [0.3, 0.4) is 0 Å². The molecule has 0 aliphatic heterocycles. The van der Waals surface area contributed by atoms with Gasteiger partial charge < -0.3 is 5.32 Å². The Kier molecular flexibility index (Phi) is 6.30. The number of hydrogen-bond donors (Lipinski definition) is 1. The van der Waals surface area contributed by atoms with Gasteiger partial charge in [-0.2, -0.15) is 0 Å². The molecule has 1 N–H and O–H groups in total. The second-order valence-electron chi connectivity index (χ2n) is 7.51. The number of amides is 1. The van der Waals surface area contributed by atoms with Gasteiger partial charge in [0.05, 0.1) is 22.5 Å². The van der Waals surface area contributed by atoms with Crippen molar-refractivity contribution in [2.45, 2.75) is 24.4 Å². The molecule has 2 aromatic carbocycles. The molecule has 10 heteroatoms. The zero-order valence-electron chi connectivity index (χ0n) is 17.0. The predicted molar refractivity (Wildman–Crippen MR) is 136 cm³/mol. The number of nitrogens with zero attached hydrogens (tertiary/aromatic N) is 2. The second kappa shape index (κ2) is 9.21. The normalized spacial score (nSPS) is 12.8. The van der Waals surface area contributed by atoms with Crippen molar-refractivity contribution < 1.29 is 9.18 Å². The minimum atomic E-state index is -0.534. The standard InChI is InChI=1S/C23H16BrClFN3O2S2/c24-12-4-9-17(16(26)10-12)27-19(30)11-32-23-28-21-20(15-2-1-3-18(15)33-21)22(31)29(23)14-7-5-13(25)6-8-14/h4-10H,1-3,11H2,(H,27,30). The first-order valence-corrected chi connectivity index (χ1v) is 13.1. The molecule has 168 valence electrons. The first-order valence-electron chi connectivity index (χ1n) is 10.1. The van der Waals surface area contributed by atoms with Crippen LogP contribution in [0.15, 0.2) is 56.9 Å². The van der Waals surface area contributed by atoms with Crippen molar-refractivity contribution in [1.29, 1.82) is 0 Å². The molecule has 0 spiro atoms. The average Bonchev–Trinajstić information content (AvgIpc) is 3.36. The Labute approximate surface area is 210 Å². The summed E-state index contributed by atoms with van der Waals surface area (Å²) in [5, 5.41) is 4.19. The Hall–Kier alpha value is -2.20. The lowest BCUT2D eigenvalue weighted by atomic mass is 10.2. The van der Waals surface area contributed by atoms with Gasteiger partial charge >= 0.3 is 0 Å². The SMILES string of the molecule is O=C(CSc1nc2sc3c(c2c(=O)n1-c1ccc(Cl)cc1)CCC3)Nc1ccc(Br)cc1F. The van der Waals surface area contributed by atoms with Crippen LogP contribution in [0, 0.1) is 5.82 Å². The fourth-order valence-electron chi connectivity index (χ4n) is 3.85. The van der Waals surface area contributed by atoms with E-state index in [0.29, 0.717) is 30.6 Å². The van der Waals surface area contributed by atoms with E-state index in [0.717, 1.165) is 36.6 Å². The van der Waals surface area contributed by atoms with Crippen molar-refractivity contribution in [2.75, 3.05) is 11.1 Å². The molecular weight excluding hydrogens is 549 g/mol. The highest BCUT2D eigenvalue weighted by atomic mass is 79.9. The monoisotopic (exact) mass is 563 g/mol. The number of nitrogens with one attached hydrogen (secondary N) is 1. The van der Waals surface area contributed by atoms with Crippen LogP contribution in [-0.4, -0.2) is 21.2 Å². The lowest BCUT2D eigenvalue weighted by molar-refractivity contribution is -0.113. The molecule has 0 saturated carbocycles. The molecule has 0 unspecified atom stereocenters. The first kappa shape index (κ1) is 22.6. The number of aryl methyl sites for hydroxylation is 2. The van der Waals surface area contributed by atoms with Gasteiger partial charge in [-0.05, 0) is 67.3 Å². The number of aromatic nitrogens is 2. The van der Waals surface area contributed by atoms with Gasteiger partial charge in [0.25, 0.3) is 5.56 Å². The molecule has 0 atom stereocenters. The summed E-state index contributed by atoms with van der Waals surface area (Å²) >= 11 is 11.9. The minimum Gasteiger partial charge on any atom is -0.323 e. The molecule has 1 aliphatic rings. The Morgan fingerprint density at radius 3 is 2.79 bits per heavy atom. The molecule has 0 bridgehead atoms. The summed E-state index contributed by atoms with van der Waals surface area (Å²) in [4.78, 5) is 32.8. The molecule has 0 radical (unpaired) electrons. The zero-order valence-corrected chi connectivity index (χ0v) is 21.0. The smallest absolute Gasteiger partial charge is 0.267 e. The van der Waals surface area contributed by atoms with Crippen LogP contribution in [0.25, 0.3) is 15.9 Å². The lowest BCUT2D eigenvalue weighted by Crippen LogP contribution is -2.23. The third-order valence-electron chi connectivity index (χ3n) is 5.33. The van der Waals surface area contributed by atoms with Gasteiger partial charge in [-0.25, -0.2) is 9.37 Å². The zero-order chi connectivity index (χ0) is 23.1. The Bertz CT molecular complexity index is 1450. The first-order chi connectivity index (χ1) is 15.9. The number of carbonyl (C=O) groups is 1. The van der Waals surface area contributed by atoms with Crippen LogP contribution < -0.4 is 10.9 Å². The van der Waals surface area contributed by atoms with Crippen molar-refractivity contribution in [3.63, 3.8) is 0 Å². The fraction of sp³-hybridized carbons (Fsp3) is 0.174. The van der Waals surface area contributed by atoms with Crippen LogP contribution in [0.4, 0.5) is 10.1 Å². The fourth-order valence-corrected chi connectivity index (χ4v) is 6.42. The summed E-state index contributed by atoms with van der Waals surface area (Å²) in [6.45, 7) is 0. The van der Waals surface area contributed by atoms with Gasteiger partial charge in [0.15, 0.2) is 5.16 Å². The minimum absolute atomic E-state index is 0.0356. The summed E-state index contributed by atoms with van der Waals surface area (Å²) in [6.07, 6.45) is 2.88. The van der Waals surface area contributed by atoms with Gasteiger partial charge in [0.1, 0.15) is 10.6 Å². The highest BCUT2D eigenvalue weighted by molar-refractivity contribution is 9.10. The van der Waals surface area contributed by atoms with Crippen LogP contribution >= 0.6 is 50.6 Å². The van der Waals surface area contributed by atoms with E-state index in [1.54, 1.807) is 41.7 Å². The third kappa shape index (κ3) is 4.47. The van der Waals surface area contributed by atoms with Gasteiger partial charge in [0, 0.05) is 14.4 Å². The number of thioether (sulfide) groups is 1. The summed E-state index contributed by atoms with van der Waals surface area (Å²) < 4.78 is 16.2. The number of thiophene rings is 1. The molecule has 0 saturated heterocycles. The lowest BCUT2D eigenvalue weighted by Gasteiger charge is -2.13. The van der Waals surface area contributed by atoms with Crippen LogP contribution in [0.2, 0.25) is 5.02 Å². The number of anilines is 1. The van der Waals surface area contributed by atoms with E-state index in [1.807, 2.05) is 0 Å². The number of hydrogen-bond acceptors (Lipinski definition) is 5. The van der Waals surface area contributed by atoms with Gasteiger partial charge in [-0.15, -0.1) is 11.3 Å². The molecule has 5 nitrogen and oxygen atoms in total. The maximum atomic E-state index is 14.1. The van der Waals surface area contributed by atoms with Crippen molar-refractivity contribution in [1.82, 2.24) is 9.55 Å². The summed E-state index contributed by atoms with van der Waals surface area (Å²) in [5.41, 5.74) is 1.66. The summed E-state index contributed by atoms with van der Waals surface area (Å²) in [7, 11) is 0. The molecule has 1 amide bonds. The van der Waals surface area contributed by atoms with E-state index in [9.17, 15) is 14.0 Å². The molecule has 2 heterocycles. The molecule has 33 heavy (non-hydrogen) atoms. The average molecular weight is 565 g/mol. The maximum absolute atomic E-state index is 14.1. The van der Waals surface area contributed by atoms with Crippen LogP contribution in [-0.2, 0) is 17.6 Å². The maximum Gasteiger partial charge on any atom is 0.267 e. The van der Waals surface area contributed by atoms with E-state index in [2.05, 4.69) is 21.2 Å². The Balaban J connectivity index is 1.50. The van der Waals surface area contributed by atoms with E-state index in [1.165, 1.54) is 21.6 Å². The number of halogens is 3. The highest BCUT2D eigenvalue weighted by Gasteiger charge is 2.24. The van der Waals surface area contributed by atoms with Crippen molar-refractivity contribution >= 4 is 72.4 Å².